The molecule has 1 aromatic carbocycles. The van der Waals surface area contributed by atoms with Crippen molar-refractivity contribution in [3.8, 4) is 0 Å². The van der Waals surface area contributed by atoms with Crippen LogP contribution in [-0.4, -0.2) is 19.1 Å². The number of piperidine rings is 1. The molecule has 18 heavy (non-hydrogen) atoms. The zero-order valence-corrected chi connectivity index (χ0v) is 12.7. The number of halogens is 1. The number of benzene rings is 1. The molecule has 0 spiro atoms. The molecule has 1 unspecified atom stereocenters. The van der Waals surface area contributed by atoms with E-state index in [-0.39, 0.29) is 0 Å². The van der Waals surface area contributed by atoms with Gasteiger partial charge in [-0.3, -0.25) is 0 Å². The summed E-state index contributed by atoms with van der Waals surface area (Å²) in [6.45, 7) is 4.19. The van der Waals surface area contributed by atoms with E-state index < -0.39 is 0 Å². The predicted molar refractivity (Wildman–Crippen MR) is 82.2 cm³/mol. The van der Waals surface area contributed by atoms with Crippen molar-refractivity contribution in [2.24, 2.45) is 5.73 Å². The summed E-state index contributed by atoms with van der Waals surface area (Å²) in [6.07, 6.45) is 6.20. The minimum absolute atomic E-state index is 0.704. The Hall–Kier alpha value is -0.540. The van der Waals surface area contributed by atoms with Crippen LogP contribution in [0.2, 0.25) is 0 Å². The molecule has 1 fully saturated rings. The van der Waals surface area contributed by atoms with Gasteiger partial charge in [-0.05, 0) is 72.3 Å². The van der Waals surface area contributed by atoms with Gasteiger partial charge in [-0.25, -0.2) is 0 Å². The van der Waals surface area contributed by atoms with Crippen molar-refractivity contribution in [2.45, 2.75) is 45.1 Å². The number of rotatable bonds is 4. The molecule has 1 atom stereocenters. The normalized spacial score (nSPS) is 20.2. The zero-order chi connectivity index (χ0) is 13.0. The third kappa shape index (κ3) is 3.07. The minimum Gasteiger partial charge on any atom is -0.368 e. The van der Waals surface area contributed by atoms with E-state index in [1.165, 1.54) is 48.0 Å². The second-order valence-corrected chi connectivity index (χ2v) is 5.93. The van der Waals surface area contributed by atoms with Gasteiger partial charge in [0.05, 0.1) is 5.69 Å². The first-order valence-corrected chi connectivity index (χ1v) is 7.80. The van der Waals surface area contributed by atoms with E-state index in [9.17, 15) is 0 Å². The molecule has 0 amide bonds. The van der Waals surface area contributed by atoms with Crippen LogP contribution in [0.25, 0.3) is 0 Å². The first kappa shape index (κ1) is 13.9. The van der Waals surface area contributed by atoms with Crippen LogP contribution in [0.4, 0.5) is 5.69 Å². The van der Waals surface area contributed by atoms with Gasteiger partial charge in [0, 0.05) is 17.1 Å². The molecule has 2 nitrogen and oxygen atoms in total. The lowest BCUT2D eigenvalue weighted by Gasteiger charge is -2.37. The third-order valence-electron chi connectivity index (χ3n) is 3.85. The second-order valence-electron chi connectivity index (χ2n) is 5.08. The minimum atomic E-state index is 0.704. The quantitative estimate of drug-likeness (QED) is 0.918. The third-order valence-corrected chi connectivity index (χ3v) is 4.49. The first-order chi connectivity index (χ1) is 8.76. The molecule has 2 rings (SSSR count). The Morgan fingerprint density at radius 2 is 2.22 bits per heavy atom. The van der Waals surface area contributed by atoms with Crippen molar-refractivity contribution in [3.63, 3.8) is 0 Å². The molecule has 0 aliphatic carbocycles. The highest BCUT2D eigenvalue weighted by molar-refractivity contribution is 9.10. The molecule has 0 saturated carbocycles. The van der Waals surface area contributed by atoms with Gasteiger partial charge in [-0.2, -0.15) is 0 Å². The highest BCUT2D eigenvalue weighted by Gasteiger charge is 2.22. The van der Waals surface area contributed by atoms with Crippen LogP contribution in [0, 0.1) is 0 Å². The fourth-order valence-corrected chi connectivity index (χ4v) is 3.50. The Morgan fingerprint density at radius 1 is 1.39 bits per heavy atom. The topological polar surface area (TPSA) is 29.3 Å². The molecule has 0 radical (unpaired) electrons. The maximum absolute atomic E-state index is 5.61. The average molecular weight is 311 g/mol. The highest BCUT2D eigenvalue weighted by atomic mass is 79.9. The van der Waals surface area contributed by atoms with Gasteiger partial charge in [-0.15, -0.1) is 0 Å². The Kier molecular flexibility index (Phi) is 5.07. The predicted octanol–water partition coefficient (Wildman–Crippen LogP) is 3.72. The van der Waals surface area contributed by atoms with Crippen LogP contribution in [0.15, 0.2) is 22.7 Å². The summed E-state index contributed by atoms with van der Waals surface area (Å²) in [5.74, 6) is 0. The van der Waals surface area contributed by atoms with Crippen molar-refractivity contribution < 1.29 is 0 Å². The van der Waals surface area contributed by atoms with Crippen molar-refractivity contribution in [2.75, 3.05) is 18.0 Å². The molecule has 3 heteroatoms. The van der Waals surface area contributed by atoms with Crippen molar-refractivity contribution in [1.29, 1.82) is 0 Å². The lowest BCUT2D eigenvalue weighted by Crippen LogP contribution is -2.39. The van der Waals surface area contributed by atoms with E-state index >= 15 is 0 Å². The van der Waals surface area contributed by atoms with Crippen LogP contribution in [0.1, 0.15) is 38.2 Å². The average Bonchev–Trinajstić information content (AvgIpc) is 2.39. The monoisotopic (exact) mass is 310 g/mol. The highest BCUT2D eigenvalue weighted by Crippen LogP contribution is 2.33. The van der Waals surface area contributed by atoms with Gasteiger partial charge < -0.3 is 10.6 Å². The molecular weight excluding hydrogens is 288 g/mol. The second kappa shape index (κ2) is 6.58. The van der Waals surface area contributed by atoms with Crippen LogP contribution in [-0.2, 0) is 6.42 Å². The van der Waals surface area contributed by atoms with Gasteiger partial charge in [-0.1, -0.05) is 13.0 Å². The van der Waals surface area contributed by atoms with Gasteiger partial charge in [0.25, 0.3) is 0 Å². The van der Waals surface area contributed by atoms with E-state index in [2.05, 4.69) is 46.0 Å². The fourth-order valence-electron chi connectivity index (χ4n) is 2.85. The molecule has 100 valence electrons. The fraction of sp³-hybridized carbons (Fsp3) is 0.600. The first-order valence-electron chi connectivity index (χ1n) is 7.01. The van der Waals surface area contributed by atoms with E-state index in [0.29, 0.717) is 12.6 Å². The largest absolute Gasteiger partial charge is 0.368 e. The van der Waals surface area contributed by atoms with Crippen LogP contribution < -0.4 is 10.6 Å². The van der Waals surface area contributed by atoms with Crippen LogP contribution in [0.5, 0.6) is 0 Å². The molecular formula is C15H23BrN2. The molecule has 1 heterocycles. The maximum Gasteiger partial charge on any atom is 0.0513 e. The summed E-state index contributed by atoms with van der Waals surface area (Å²) in [4.78, 5) is 2.57. The Bertz CT molecular complexity index is 392. The van der Waals surface area contributed by atoms with Crippen molar-refractivity contribution in [1.82, 2.24) is 0 Å². The van der Waals surface area contributed by atoms with E-state index in [4.69, 9.17) is 5.73 Å². The molecule has 0 bridgehead atoms. The molecule has 1 aliphatic rings. The summed E-state index contributed by atoms with van der Waals surface area (Å²) in [5, 5.41) is 0. The van der Waals surface area contributed by atoms with Gasteiger partial charge in [0.15, 0.2) is 0 Å². The Morgan fingerprint density at radius 3 is 2.89 bits per heavy atom. The lowest BCUT2D eigenvalue weighted by molar-refractivity contribution is 0.449. The number of anilines is 1. The zero-order valence-electron chi connectivity index (χ0n) is 11.2. The van der Waals surface area contributed by atoms with Gasteiger partial charge in [0.2, 0.25) is 0 Å². The van der Waals surface area contributed by atoms with E-state index in [1.54, 1.807) is 0 Å². The van der Waals surface area contributed by atoms with Crippen LogP contribution >= 0.6 is 15.9 Å². The Labute approximate surface area is 119 Å². The molecule has 1 saturated heterocycles. The summed E-state index contributed by atoms with van der Waals surface area (Å²) in [7, 11) is 0. The SMILES string of the molecule is CCC1CCCCN1c1ccc(CCN)cc1Br. The number of nitrogens with two attached hydrogens (primary N) is 1. The Balaban J connectivity index is 2.21. The number of nitrogens with zero attached hydrogens (tertiary/aromatic N) is 1. The molecule has 2 N–H and O–H groups in total. The number of hydrogen-bond donors (Lipinski definition) is 1. The number of hydrogen-bond acceptors (Lipinski definition) is 2. The molecule has 1 aromatic rings. The summed E-state index contributed by atoms with van der Waals surface area (Å²) >= 11 is 3.73. The lowest BCUT2D eigenvalue weighted by atomic mass is 9.99. The van der Waals surface area contributed by atoms with Crippen molar-refractivity contribution in [3.05, 3.63) is 28.2 Å². The maximum atomic E-state index is 5.61. The molecule has 1 aliphatic heterocycles. The van der Waals surface area contributed by atoms with Crippen LogP contribution in [0.3, 0.4) is 0 Å². The standard InChI is InChI=1S/C15H23BrN2/c1-2-13-5-3-4-10-18(13)15-7-6-12(8-9-17)11-14(15)16/h6-7,11,13H,2-5,8-10,17H2,1H3. The van der Waals surface area contributed by atoms with E-state index in [1.807, 2.05) is 0 Å². The van der Waals surface area contributed by atoms with Gasteiger partial charge >= 0.3 is 0 Å². The smallest absolute Gasteiger partial charge is 0.0513 e. The summed E-state index contributed by atoms with van der Waals surface area (Å²) < 4.78 is 1.22. The summed E-state index contributed by atoms with van der Waals surface area (Å²) in [6, 6.07) is 7.40. The summed E-state index contributed by atoms with van der Waals surface area (Å²) in [5.41, 5.74) is 8.28. The van der Waals surface area contributed by atoms with Gasteiger partial charge in [0.1, 0.15) is 0 Å². The van der Waals surface area contributed by atoms with E-state index in [0.717, 1.165) is 6.42 Å². The van der Waals surface area contributed by atoms with Crippen molar-refractivity contribution >= 4 is 21.6 Å². The molecule has 0 aromatic heterocycles.